The van der Waals surface area contributed by atoms with Crippen LogP contribution in [0.15, 0.2) is 24.7 Å². The van der Waals surface area contributed by atoms with Crippen LogP contribution in [0, 0.1) is 0 Å². The molecule has 6 nitrogen and oxygen atoms in total. The molecule has 0 saturated heterocycles. The predicted molar refractivity (Wildman–Crippen MR) is 55.4 cm³/mol. The molecule has 2 N–H and O–H groups in total. The molecule has 0 aromatic heterocycles. The lowest BCUT2D eigenvalue weighted by molar-refractivity contribution is -0.00545. The summed E-state index contributed by atoms with van der Waals surface area (Å²) in [6, 6.07) is 0. The van der Waals surface area contributed by atoms with Gasteiger partial charge in [0.2, 0.25) is 0 Å². The van der Waals surface area contributed by atoms with E-state index in [-0.39, 0.29) is 0 Å². The monoisotopic (exact) mass is 232 g/mol. The second kappa shape index (κ2) is 10.0. The van der Waals surface area contributed by atoms with Crippen LogP contribution in [0.25, 0.3) is 0 Å². The van der Waals surface area contributed by atoms with Gasteiger partial charge in [-0.25, -0.2) is 4.79 Å². The van der Waals surface area contributed by atoms with E-state index in [1.165, 1.54) is 13.4 Å². The summed E-state index contributed by atoms with van der Waals surface area (Å²) in [5.41, 5.74) is 0. The number of carbonyl (C=O) groups is 1. The minimum atomic E-state index is -0.972. The van der Waals surface area contributed by atoms with Crippen LogP contribution < -0.4 is 0 Å². The quantitative estimate of drug-likeness (QED) is 0.492. The molecule has 0 atom stereocenters. The zero-order valence-corrected chi connectivity index (χ0v) is 9.04. The highest BCUT2D eigenvalue weighted by Gasteiger charge is 2.12. The van der Waals surface area contributed by atoms with E-state index in [2.05, 4.69) is 14.2 Å². The van der Waals surface area contributed by atoms with Crippen LogP contribution in [0.3, 0.4) is 0 Å². The van der Waals surface area contributed by atoms with Crippen molar-refractivity contribution < 1.29 is 29.2 Å². The largest absolute Gasteiger partial charge is 0.513 e. The molecule has 0 unspecified atom stereocenters. The van der Waals surface area contributed by atoms with Gasteiger partial charge < -0.3 is 24.4 Å². The van der Waals surface area contributed by atoms with Crippen molar-refractivity contribution in [2.45, 2.75) is 12.5 Å². The van der Waals surface area contributed by atoms with Crippen molar-refractivity contribution in [2.24, 2.45) is 0 Å². The van der Waals surface area contributed by atoms with E-state index < -0.39 is 25.5 Å². The average Bonchev–Trinajstić information content (AvgIpc) is 2.30. The molecular weight excluding hydrogens is 216 g/mol. The Morgan fingerprint density at radius 1 is 1.25 bits per heavy atom. The van der Waals surface area contributed by atoms with Crippen molar-refractivity contribution in [2.75, 3.05) is 20.3 Å². The molecule has 0 heterocycles. The minimum absolute atomic E-state index is 0.452. The Morgan fingerprint density at radius 3 is 2.44 bits per heavy atom. The minimum Gasteiger partial charge on any atom is -0.505 e. The Kier molecular flexibility index (Phi) is 9.05. The maximum atomic E-state index is 10.9. The number of hydrogen-bond acceptors (Lipinski definition) is 6. The van der Waals surface area contributed by atoms with Crippen LogP contribution in [0.5, 0.6) is 0 Å². The lowest BCUT2D eigenvalue weighted by Gasteiger charge is -2.10. The van der Waals surface area contributed by atoms with Crippen LogP contribution in [-0.4, -0.2) is 42.8 Å². The lowest BCUT2D eigenvalue weighted by atomic mass is 10.4. The fraction of sp³-hybridized carbons (Fsp3) is 0.500. The number of carbonyl (C=O) groups excluding carboxylic acids is 1. The van der Waals surface area contributed by atoms with Crippen LogP contribution in [0.4, 0.5) is 4.79 Å². The molecule has 0 fully saturated rings. The zero-order chi connectivity index (χ0) is 12.2. The molecule has 0 aliphatic heterocycles. The van der Waals surface area contributed by atoms with Gasteiger partial charge in [0.25, 0.3) is 0 Å². The Morgan fingerprint density at radius 2 is 1.88 bits per heavy atom. The summed E-state index contributed by atoms with van der Waals surface area (Å²) < 4.78 is 13.7. The summed E-state index contributed by atoms with van der Waals surface area (Å²) in [7, 11) is 1.53. The first-order valence-corrected chi connectivity index (χ1v) is 4.66. The summed E-state index contributed by atoms with van der Waals surface area (Å²) in [4.78, 5) is 10.9. The maximum Gasteiger partial charge on any atom is 0.513 e. The van der Waals surface area contributed by atoms with Gasteiger partial charge in [-0.05, 0) is 18.6 Å². The van der Waals surface area contributed by atoms with E-state index in [1.807, 2.05) is 0 Å². The summed E-state index contributed by atoms with van der Waals surface area (Å²) in [5.74, 6) is 0. The third kappa shape index (κ3) is 7.84. The molecule has 0 saturated carbocycles. The SMILES string of the molecule is CO/C=C\C/C=C\OC(=O)OC(CO)CO. The maximum absolute atomic E-state index is 10.9. The molecular formula is C10H16O6. The van der Waals surface area contributed by atoms with Crippen molar-refractivity contribution in [3.63, 3.8) is 0 Å². The molecule has 6 heteroatoms. The molecule has 0 aromatic carbocycles. The molecule has 16 heavy (non-hydrogen) atoms. The van der Waals surface area contributed by atoms with Gasteiger partial charge in [-0.1, -0.05) is 0 Å². The van der Waals surface area contributed by atoms with Crippen LogP contribution in [0.1, 0.15) is 6.42 Å². The smallest absolute Gasteiger partial charge is 0.505 e. The molecule has 0 amide bonds. The van der Waals surface area contributed by atoms with Crippen molar-refractivity contribution >= 4 is 6.16 Å². The van der Waals surface area contributed by atoms with E-state index in [9.17, 15) is 4.79 Å². The normalized spacial score (nSPS) is 11.2. The number of aliphatic hydroxyl groups excluding tert-OH is 2. The second-order valence-corrected chi connectivity index (χ2v) is 2.69. The van der Waals surface area contributed by atoms with Gasteiger partial charge in [-0.15, -0.1) is 0 Å². The first kappa shape index (κ1) is 14.5. The van der Waals surface area contributed by atoms with E-state index in [1.54, 1.807) is 12.2 Å². The highest BCUT2D eigenvalue weighted by molar-refractivity contribution is 5.60. The third-order valence-corrected chi connectivity index (χ3v) is 1.44. The van der Waals surface area contributed by atoms with Gasteiger partial charge in [-0.3, -0.25) is 0 Å². The summed E-state index contributed by atoms with van der Waals surface area (Å²) in [6.45, 7) is -0.905. The molecule has 0 aromatic rings. The van der Waals surface area contributed by atoms with Crippen LogP contribution in [0.2, 0.25) is 0 Å². The van der Waals surface area contributed by atoms with Gasteiger partial charge in [-0.2, -0.15) is 0 Å². The highest BCUT2D eigenvalue weighted by Crippen LogP contribution is 1.95. The Bertz CT molecular complexity index is 231. The van der Waals surface area contributed by atoms with Crippen molar-refractivity contribution in [1.82, 2.24) is 0 Å². The topological polar surface area (TPSA) is 85.2 Å². The number of rotatable bonds is 7. The molecule has 0 spiro atoms. The van der Waals surface area contributed by atoms with Crippen molar-refractivity contribution in [3.8, 4) is 0 Å². The van der Waals surface area contributed by atoms with Crippen LogP contribution in [-0.2, 0) is 14.2 Å². The zero-order valence-electron chi connectivity index (χ0n) is 9.04. The van der Waals surface area contributed by atoms with Gasteiger partial charge in [0, 0.05) is 0 Å². The molecule has 0 rings (SSSR count). The van der Waals surface area contributed by atoms with Crippen LogP contribution >= 0.6 is 0 Å². The molecule has 0 bridgehead atoms. The standard InChI is InChI=1S/C10H16O6/c1-14-5-3-2-4-6-15-10(13)16-9(7-11)8-12/h3-6,9,11-12H,2,7-8H2,1H3/b5-3-,6-4-. The molecule has 92 valence electrons. The number of aliphatic hydroxyl groups is 2. The fourth-order valence-corrected chi connectivity index (χ4v) is 0.686. The lowest BCUT2D eigenvalue weighted by Crippen LogP contribution is -2.25. The fourth-order valence-electron chi connectivity index (χ4n) is 0.686. The first-order chi connectivity index (χ1) is 7.74. The number of hydrogen-bond donors (Lipinski definition) is 2. The highest BCUT2D eigenvalue weighted by atomic mass is 16.7. The second-order valence-electron chi connectivity index (χ2n) is 2.69. The average molecular weight is 232 g/mol. The Balaban J connectivity index is 3.67. The third-order valence-electron chi connectivity index (χ3n) is 1.44. The van der Waals surface area contributed by atoms with Gasteiger partial charge in [0.05, 0.1) is 32.8 Å². The van der Waals surface area contributed by atoms with Gasteiger partial charge >= 0.3 is 6.16 Å². The summed E-state index contributed by atoms with van der Waals surface area (Å²) >= 11 is 0. The summed E-state index contributed by atoms with van der Waals surface area (Å²) in [5, 5.41) is 17.2. The molecule has 0 aliphatic carbocycles. The Labute approximate surface area is 93.7 Å². The number of methoxy groups -OCH3 is 1. The van der Waals surface area contributed by atoms with Gasteiger partial charge in [0.15, 0.2) is 6.10 Å². The van der Waals surface area contributed by atoms with E-state index in [0.717, 1.165) is 6.26 Å². The van der Waals surface area contributed by atoms with Crippen molar-refractivity contribution in [1.29, 1.82) is 0 Å². The van der Waals surface area contributed by atoms with Crippen molar-refractivity contribution in [3.05, 3.63) is 24.7 Å². The number of ether oxygens (including phenoxy) is 3. The van der Waals surface area contributed by atoms with Gasteiger partial charge in [0.1, 0.15) is 0 Å². The summed E-state index contributed by atoms with van der Waals surface area (Å²) in [6.07, 6.45) is 4.57. The van der Waals surface area contributed by atoms with E-state index in [4.69, 9.17) is 10.2 Å². The first-order valence-electron chi connectivity index (χ1n) is 4.66. The Hall–Kier alpha value is -1.53. The van der Waals surface area contributed by atoms with E-state index >= 15 is 0 Å². The predicted octanol–water partition coefficient (Wildman–Crippen LogP) is 0.557. The molecule has 0 radical (unpaired) electrons. The molecule has 0 aliphatic rings. The van der Waals surface area contributed by atoms with E-state index in [0.29, 0.717) is 6.42 Å². The number of allylic oxidation sites excluding steroid dienone is 2.